The van der Waals surface area contributed by atoms with Crippen LogP contribution in [0.25, 0.3) is 0 Å². The molecule has 0 aromatic carbocycles. The Morgan fingerprint density at radius 2 is 2.05 bits per heavy atom. The first-order valence-corrected chi connectivity index (χ1v) is 8.45. The van der Waals surface area contributed by atoms with Gasteiger partial charge in [0, 0.05) is 32.8 Å². The summed E-state index contributed by atoms with van der Waals surface area (Å²) >= 11 is 0. The maximum Gasteiger partial charge on any atom is 0.191 e. The van der Waals surface area contributed by atoms with E-state index in [9.17, 15) is 0 Å². The third-order valence-corrected chi connectivity index (χ3v) is 3.74. The summed E-state index contributed by atoms with van der Waals surface area (Å²) in [4.78, 5) is 4.28. The first-order valence-electron chi connectivity index (χ1n) is 8.45. The van der Waals surface area contributed by atoms with Crippen molar-refractivity contribution in [3.63, 3.8) is 0 Å². The fourth-order valence-electron chi connectivity index (χ4n) is 2.07. The van der Waals surface area contributed by atoms with E-state index in [-0.39, 0.29) is 0 Å². The van der Waals surface area contributed by atoms with Crippen LogP contribution in [-0.2, 0) is 4.74 Å². The lowest BCUT2D eigenvalue weighted by atomic mass is 9.89. The standard InChI is InChI=1S/C17H35N3O/c1-14(9-10-17(2,3)4)20-16(18-5)19-11-6-12-21-13-15-7-8-15/h14-15H,6-13H2,1-5H3,(H2,18,19,20). The third-order valence-electron chi connectivity index (χ3n) is 3.74. The number of hydrogen-bond acceptors (Lipinski definition) is 2. The summed E-state index contributed by atoms with van der Waals surface area (Å²) in [7, 11) is 1.83. The first kappa shape index (κ1) is 18.3. The van der Waals surface area contributed by atoms with Gasteiger partial charge in [0.2, 0.25) is 0 Å². The molecule has 1 atom stereocenters. The summed E-state index contributed by atoms with van der Waals surface area (Å²) in [6.45, 7) is 11.8. The predicted molar refractivity (Wildman–Crippen MR) is 90.8 cm³/mol. The van der Waals surface area contributed by atoms with E-state index in [1.54, 1.807) is 0 Å². The fourth-order valence-corrected chi connectivity index (χ4v) is 2.07. The molecule has 0 heterocycles. The maximum atomic E-state index is 5.63. The molecule has 1 unspecified atom stereocenters. The summed E-state index contributed by atoms with van der Waals surface area (Å²) in [5.41, 5.74) is 0.395. The van der Waals surface area contributed by atoms with E-state index in [1.807, 2.05) is 7.05 Å². The van der Waals surface area contributed by atoms with E-state index in [0.29, 0.717) is 11.5 Å². The minimum absolute atomic E-state index is 0.395. The van der Waals surface area contributed by atoms with Crippen molar-refractivity contribution in [2.75, 3.05) is 26.8 Å². The molecule has 1 aliphatic carbocycles. The van der Waals surface area contributed by atoms with Crippen molar-refractivity contribution in [3.05, 3.63) is 0 Å². The number of rotatable bonds is 9. The zero-order chi connectivity index (χ0) is 15.7. The Bertz CT molecular complexity index is 306. The average molecular weight is 297 g/mol. The van der Waals surface area contributed by atoms with Gasteiger partial charge in [-0.3, -0.25) is 4.99 Å². The van der Waals surface area contributed by atoms with Gasteiger partial charge in [0.25, 0.3) is 0 Å². The monoisotopic (exact) mass is 297 g/mol. The molecule has 0 bridgehead atoms. The van der Waals surface area contributed by atoms with Crippen LogP contribution in [0.15, 0.2) is 4.99 Å². The summed E-state index contributed by atoms with van der Waals surface area (Å²) in [5.74, 6) is 1.76. The van der Waals surface area contributed by atoms with Gasteiger partial charge in [0.1, 0.15) is 0 Å². The minimum Gasteiger partial charge on any atom is -0.381 e. The Balaban J connectivity index is 2.04. The SMILES string of the molecule is CN=C(NCCCOCC1CC1)NC(C)CCC(C)(C)C. The van der Waals surface area contributed by atoms with Crippen LogP contribution < -0.4 is 10.6 Å². The molecule has 1 rings (SSSR count). The van der Waals surface area contributed by atoms with Crippen LogP contribution in [0.1, 0.15) is 59.8 Å². The highest BCUT2D eigenvalue weighted by Gasteiger charge is 2.20. The lowest BCUT2D eigenvalue weighted by Gasteiger charge is -2.23. The molecule has 2 N–H and O–H groups in total. The zero-order valence-electron chi connectivity index (χ0n) is 14.7. The molecule has 4 nitrogen and oxygen atoms in total. The van der Waals surface area contributed by atoms with Crippen molar-refractivity contribution in [1.82, 2.24) is 10.6 Å². The number of guanidine groups is 1. The molecule has 0 amide bonds. The molecule has 0 spiro atoms. The van der Waals surface area contributed by atoms with E-state index >= 15 is 0 Å². The zero-order valence-corrected chi connectivity index (χ0v) is 14.7. The minimum atomic E-state index is 0.395. The van der Waals surface area contributed by atoms with Crippen molar-refractivity contribution in [1.29, 1.82) is 0 Å². The summed E-state index contributed by atoms with van der Waals surface area (Å²) in [6.07, 6.45) is 6.13. The molecule has 124 valence electrons. The van der Waals surface area contributed by atoms with Crippen molar-refractivity contribution in [3.8, 4) is 0 Å². The van der Waals surface area contributed by atoms with Crippen LogP contribution in [0, 0.1) is 11.3 Å². The van der Waals surface area contributed by atoms with Gasteiger partial charge in [0.05, 0.1) is 0 Å². The molecule has 1 aliphatic rings. The Morgan fingerprint density at radius 1 is 1.33 bits per heavy atom. The second-order valence-electron chi connectivity index (χ2n) is 7.52. The highest BCUT2D eigenvalue weighted by Crippen LogP contribution is 2.28. The van der Waals surface area contributed by atoms with Gasteiger partial charge in [-0.2, -0.15) is 0 Å². The summed E-state index contributed by atoms with van der Waals surface area (Å²) < 4.78 is 5.63. The lowest BCUT2D eigenvalue weighted by Crippen LogP contribution is -2.43. The smallest absolute Gasteiger partial charge is 0.191 e. The van der Waals surface area contributed by atoms with E-state index in [1.165, 1.54) is 19.3 Å². The van der Waals surface area contributed by atoms with Crippen molar-refractivity contribution < 1.29 is 4.74 Å². The molecule has 0 aromatic rings. The van der Waals surface area contributed by atoms with Crippen LogP contribution in [0.4, 0.5) is 0 Å². The van der Waals surface area contributed by atoms with Crippen LogP contribution >= 0.6 is 0 Å². The van der Waals surface area contributed by atoms with Crippen LogP contribution in [-0.4, -0.2) is 38.8 Å². The Hall–Kier alpha value is -0.770. The largest absolute Gasteiger partial charge is 0.381 e. The summed E-state index contributed by atoms with van der Waals surface area (Å²) in [5, 5.41) is 6.82. The van der Waals surface area contributed by atoms with Crippen LogP contribution in [0.5, 0.6) is 0 Å². The molecule has 0 aliphatic heterocycles. The molecule has 4 heteroatoms. The van der Waals surface area contributed by atoms with E-state index in [0.717, 1.165) is 44.5 Å². The average Bonchev–Trinajstić information content (AvgIpc) is 3.22. The Kier molecular flexibility index (Phi) is 8.09. The van der Waals surface area contributed by atoms with Gasteiger partial charge in [-0.05, 0) is 50.4 Å². The van der Waals surface area contributed by atoms with E-state index < -0.39 is 0 Å². The van der Waals surface area contributed by atoms with Crippen LogP contribution in [0.3, 0.4) is 0 Å². The number of nitrogens with zero attached hydrogens (tertiary/aromatic N) is 1. The predicted octanol–water partition coefficient (Wildman–Crippen LogP) is 3.18. The van der Waals surface area contributed by atoms with E-state index in [2.05, 4.69) is 43.3 Å². The summed E-state index contributed by atoms with van der Waals surface area (Å²) in [6, 6.07) is 0.446. The number of aliphatic imine (C=N–C) groups is 1. The fraction of sp³-hybridized carbons (Fsp3) is 0.941. The second kappa shape index (κ2) is 9.29. The van der Waals surface area contributed by atoms with Gasteiger partial charge >= 0.3 is 0 Å². The quantitative estimate of drug-likeness (QED) is 0.390. The highest BCUT2D eigenvalue weighted by molar-refractivity contribution is 5.79. The van der Waals surface area contributed by atoms with Crippen molar-refractivity contribution >= 4 is 5.96 Å². The number of hydrogen-bond donors (Lipinski definition) is 2. The highest BCUT2D eigenvalue weighted by atomic mass is 16.5. The molecular weight excluding hydrogens is 262 g/mol. The molecule has 1 saturated carbocycles. The van der Waals surface area contributed by atoms with Gasteiger partial charge in [-0.15, -0.1) is 0 Å². The number of ether oxygens (including phenoxy) is 1. The molecule has 0 radical (unpaired) electrons. The molecule has 1 fully saturated rings. The first-order chi connectivity index (χ1) is 9.90. The normalized spacial score (nSPS) is 17.7. The van der Waals surface area contributed by atoms with Crippen molar-refractivity contribution in [2.24, 2.45) is 16.3 Å². The van der Waals surface area contributed by atoms with Gasteiger partial charge in [-0.25, -0.2) is 0 Å². The maximum absolute atomic E-state index is 5.63. The molecule has 0 aromatic heterocycles. The molecule has 21 heavy (non-hydrogen) atoms. The molecular formula is C17H35N3O. The Morgan fingerprint density at radius 3 is 2.62 bits per heavy atom. The van der Waals surface area contributed by atoms with Gasteiger partial charge in [-0.1, -0.05) is 20.8 Å². The van der Waals surface area contributed by atoms with Gasteiger partial charge < -0.3 is 15.4 Å². The van der Waals surface area contributed by atoms with Crippen LogP contribution in [0.2, 0.25) is 0 Å². The van der Waals surface area contributed by atoms with Gasteiger partial charge in [0.15, 0.2) is 5.96 Å². The third kappa shape index (κ3) is 10.6. The molecule has 0 saturated heterocycles. The number of nitrogens with one attached hydrogen (secondary N) is 2. The topological polar surface area (TPSA) is 45.7 Å². The second-order valence-corrected chi connectivity index (χ2v) is 7.52. The van der Waals surface area contributed by atoms with Crippen molar-refractivity contribution in [2.45, 2.75) is 65.8 Å². The lowest BCUT2D eigenvalue weighted by molar-refractivity contribution is 0.123. The Labute approximate surface area is 131 Å². The van der Waals surface area contributed by atoms with E-state index in [4.69, 9.17) is 4.74 Å².